The van der Waals surface area contributed by atoms with Crippen LogP contribution in [0.1, 0.15) is 79.0 Å². The van der Waals surface area contributed by atoms with E-state index in [0.717, 1.165) is 16.6 Å². The molecule has 6 heteroatoms. The summed E-state index contributed by atoms with van der Waals surface area (Å²) in [5.41, 5.74) is 17.2. The molecule has 0 amide bonds. The highest BCUT2D eigenvalue weighted by Crippen LogP contribution is 2.54. The van der Waals surface area contributed by atoms with Gasteiger partial charge in [0, 0.05) is 90.1 Å². The van der Waals surface area contributed by atoms with Gasteiger partial charge in [-0.25, -0.2) is 0 Å². The van der Waals surface area contributed by atoms with Crippen molar-refractivity contribution in [1.82, 2.24) is 4.57 Å². The molecule has 66 heavy (non-hydrogen) atoms. The van der Waals surface area contributed by atoms with E-state index in [-0.39, 0.29) is 23.1 Å². The summed E-state index contributed by atoms with van der Waals surface area (Å²) in [6.45, 7) is 20.7. The topological polar surface area (TPSA) is 21.3 Å². The van der Waals surface area contributed by atoms with Gasteiger partial charge in [-0.3, -0.25) is 0 Å². The van der Waals surface area contributed by atoms with Gasteiger partial charge in [0.05, 0.1) is 11.0 Å². The lowest BCUT2D eigenvalue weighted by Gasteiger charge is -2.42. The first-order valence-electron chi connectivity index (χ1n) is 23.4. The van der Waals surface area contributed by atoms with Gasteiger partial charge in [0.1, 0.15) is 11.2 Å². The Hall–Kier alpha value is -6.34. The summed E-state index contributed by atoms with van der Waals surface area (Å²) in [6.07, 6.45) is 0. The van der Waals surface area contributed by atoms with Crippen molar-refractivity contribution in [1.29, 1.82) is 0 Å². The van der Waals surface area contributed by atoms with Crippen LogP contribution in [0.4, 0.5) is 11.4 Å². The second-order valence-corrected chi connectivity index (χ2v) is 24.3. The van der Waals surface area contributed by atoms with E-state index in [1.807, 2.05) is 22.7 Å². The molecule has 12 aromatic rings. The van der Waals surface area contributed by atoms with Gasteiger partial charge in [-0.1, -0.05) is 135 Å². The van der Waals surface area contributed by atoms with Gasteiger partial charge in [0.25, 0.3) is 0 Å². The summed E-state index contributed by atoms with van der Waals surface area (Å²) in [4.78, 5) is 2.70. The molecule has 0 spiro atoms. The molecule has 0 fully saturated rings. The molecule has 0 N–H and O–H groups in total. The number of furan rings is 1. The molecule has 4 aromatic heterocycles. The first-order valence-corrected chi connectivity index (χ1v) is 25.1. The Kier molecular flexibility index (Phi) is 7.52. The maximum Gasteiger partial charge on any atom is 0.333 e. The van der Waals surface area contributed by atoms with Crippen molar-refractivity contribution in [2.75, 3.05) is 4.81 Å². The minimum atomic E-state index is -0.153. The number of nitrogens with zero attached hydrogens (tertiary/aromatic N) is 2. The summed E-state index contributed by atoms with van der Waals surface area (Å²) >= 11 is 3.83. The van der Waals surface area contributed by atoms with Crippen molar-refractivity contribution >= 4 is 136 Å². The van der Waals surface area contributed by atoms with Crippen molar-refractivity contribution in [3.63, 3.8) is 0 Å². The molecule has 6 heterocycles. The summed E-state index contributed by atoms with van der Waals surface area (Å²) in [5, 5.41) is 10.2. The summed E-state index contributed by atoms with van der Waals surface area (Å²) in [7, 11) is 0. The predicted octanol–water partition coefficient (Wildman–Crippen LogP) is 16.5. The zero-order valence-electron chi connectivity index (χ0n) is 38.9. The van der Waals surface area contributed by atoms with Crippen LogP contribution >= 0.6 is 22.7 Å². The van der Waals surface area contributed by atoms with E-state index in [1.54, 1.807) is 0 Å². The van der Waals surface area contributed by atoms with Gasteiger partial charge < -0.3 is 13.8 Å². The molecule has 0 saturated carbocycles. The lowest BCUT2D eigenvalue weighted by molar-refractivity contribution is 0.590. The van der Waals surface area contributed by atoms with Gasteiger partial charge in [0.2, 0.25) is 0 Å². The Labute approximate surface area is 393 Å². The second-order valence-electron chi connectivity index (χ2n) is 22.1. The normalized spacial score (nSPS) is 14.1. The fourth-order valence-electron chi connectivity index (χ4n) is 11.6. The number of benzene rings is 8. The summed E-state index contributed by atoms with van der Waals surface area (Å²) in [6, 6.07) is 51.7. The number of hydrogen-bond donors (Lipinski definition) is 0. The maximum absolute atomic E-state index is 7.34. The van der Waals surface area contributed by atoms with Gasteiger partial charge >= 0.3 is 6.85 Å². The van der Waals surface area contributed by atoms with Crippen LogP contribution in [0.25, 0.3) is 101 Å². The van der Waals surface area contributed by atoms with E-state index in [4.69, 9.17) is 4.42 Å². The smallest absolute Gasteiger partial charge is 0.333 e. The second kappa shape index (κ2) is 12.8. The number of hydrogen-bond acceptors (Lipinski definition) is 4. The molecule has 3 nitrogen and oxygen atoms in total. The monoisotopic (exact) mass is 888 g/mol. The predicted molar refractivity (Wildman–Crippen MR) is 289 cm³/mol. The number of para-hydroxylation sites is 1. The van der Waals surface area contributed by atoms with Crippen LogP contribution in [0, 0.1) is 0 Å². The number of thiophene rings is 2. The fraction of sp³-hybridized carbons (Fsp3) is 0.200. The zero-order chi connectivity index (χ0) is 44.9. The minimum absolute atomic E-state index is 0.0214. The molecule has 0 saturated heterocycles. The quantitative estimate of drug-likeness (QED) is 0.153. The molecule has 0 atom stereocenters. The third-order valence-corrected chi connectivity index (χ3v) is 17.3. The van der Waals surface area contributed by atoms with E-state index in [9.17, 15) is 0 Å². The minimum Gasteiger partial charge on any atom is -0.455 e. The molecule has 320 valence electrons. The Bertz CT molecular complexity index is 4120. The van der Waals surface area contributed by atoms with Crippen molar-refractivity contribution < 1.29 is 4.42 Å². The largest absolute Gasteiger partial charge is 0.455 e. The van der Waals surface area contributed by atoms with Gasteiger partial charge in [-0.15, -0.1) is 22.7 Å². The van der Waals surface area contributed by atoms with Crippen molar-refractivity contribution in [2.45, 2.75) is 78.6 Å². The lowest BCUT2D eigenvalue weighted by Crippen LogP contribution is -2.60. The number of rotatable bonds is 1. The Morgan fingerprint density at radius 3 is 1.88 bits per heavy atom. The maximum atomic E-state index is 7.34. The highest BCUT2D eigenvalue weighted by molar-refractivity contribution is 7.26. The van der Waals surface area contributed by atoms with E-state index < -0.39 is 0 Å². The number of aromatic nitrogens is 1. The van der Waals surface area contributed by atoms with Crippen molar-refractivity contribution in [3.8, 4) is 16.8 Å². The van der Waals surface area contributed by atoms with E-state index in [0.29, 0.717) is 0 Å². The van der Waals surface area contributed by atoms with Crippen LogP contribution in [0.2, 0.25) is 0 Å². The first kappa shape index (κ1) is 38.9. The fourth-order valence-corrected chi connectivity index (χ4v) is 13.9. The molecule has 0 bridgehead atoms. The van der Waals surface area contributed by atoms with Crippen molar-refractivity contribution in [2.24, 2.45) is 0 Å². The SMILES string of the molecule is CC(C)(C)c1ccc(N2B3c4cc5c(cc4-n4c6ccc(C(C)(C)C)cc6c6c7c(oc8ccccc87)c(c3c64)-c3cc4sc6cc(C(C)(C)C)ccc6c4cc32)sc2ccccc25)cc1. The standard InChI is InChI=1S/C60H49BN2OS2/c1-58(2,3)32-18-22-35(23-19-32)63-45-29-40-37-24-20-34(60(7,8)9)27-49(37)66-50(40)30-42(45)54-55-56-52(53-38-15-10-12-16-47(38)64-57(53)54)41-26-33(59(4,5)6)21-25-44(41)62(56)46-31-51-39(28-43(46)61(55)63)36-14-11-13-17-48(36)65-51/h10-31H,1-9H3. The molecular weight excluding hydrogens is 840 g/mol. The summed E-state index contributed by atoms with van der Waals surface area (Å²) in [5.74, 6) is 0. The van der Waals surface area contributed by atoms with Crippen LogP contribution < -0.4 is 15.7 Å². The molecule has 0 unspecified atom stereocenters. The first-order chi connectivity index (χ1) is 31.6. The van der Waals surface area contributed by atoms with Gasteiger partial charge in [-0.05, 0) is 105 Å². The Morgan fingerprint density at radius 1 is 0.485 bits per heavy atom. The van der Waals surface area contributed by atoms with Crippen molar-refractivity contribution in [3.05, 3.63) is 150 Å². The Morgan fingerprint density at radius 2 is 1.11 bits per heavy atom. The molecular formula is C60H49BN2OS2. The summed E-state index contributed by atoms with van der Waals surface area (Å²) < 4.78 is 15.2. The Balaban J connectivity index is 1.22. The van der Waals surface area contributed by atoms with Crippen LogP contribution in [0.15, 0.2) is 138 Å². The third-order valence-electron chi connectivity index (χ3n) is 15.0. The highest BCUT2D eigenvalue weighted by Gasteiger charge is 2.46. The number of fused-ring (bicyclic) bond motifs is 19. The molecule has 8 aromatic carbocycles. The molecule has 2 aliphatic rings. The van der Waals surface area contributed by atoms with E-state index in [2.05, 4.69) is 205 Å². The van der Waals surface area contributed by atoms with E-state index >= 15 is 0 Å². The lowest BCUT2D eigenvalue weighted by atomic mass is 9.43. The zero-order valence-corrected chi connectivity index (χ0v) is 40.5. The molecule has 14 rings (SSSR count). The van der Waals surface area contributed by atoms with Crippen LogP contribution in [0.5, 0.6) is 0 Å². The average molecular weight is 889 g/mol. The van der Waals surface area contributed by atoms with E-state index in [1.165, 1.54) is 123 Å². The number of anilines is 2. The molecule has 0 radical (unpaired) electrons. The van der Waals surface area contributed by atoms with Crippen LogP contribution in [-0.2, 0) is 16.2 Å². The molecule has 2 aliphatic heterocycles. The highest BCUT2D eigenvalue weighted by atomic mass is 32.1. The third kappa shape index (κ3) is 5.15. The van der Waals surface area contributed by atoms with Crippen LogP contribution in [-0.4, -0.2) is 11.4 Å². The van der Waals surface area contributed by atoms with Crippen LogP contribution in [0.3, 0.4) is 0 Å². The molecule has 0 aliphatic carbocycles. The van der Waals surface area contributed by atoms with Gasteiger partial charge in [0.15, 0.2) is 0 Å². The van der Waals surface area contributed by atoms with Gasteiger partial charge in [-0.2, -0.15) is 0 Å². The average Bonchev–Trinajstić information content (AvgIpc) is 4.04.